The van der Waals surface area contributed by atoms with Crippen molar-refractivity contribution in [2.24, 2.45) is 7.05 Å². The van der Waals surface area contributed by atoms with Gasteiger partial charge in [-0.15, -0.1) is 5.10 Å². The number of rotatable bonds is 7. The number of fused-ring (bicyclic) bond motifs is 1. The fraction of sp³-hybridized carbons (Fsp3) is 0.625. The van der Waals surface area contributed by atoms with Gasteiger partial charge < -0.3 is 14.1 Å². The van der Waals surface area contributed by atoms with Crippen molar-refractivity contribution >= 4 is 0 Å². The molecule has 0 radical (unpaired) electrons. The highest BCUT2D eigenvalue weighted by Gasteiger charge is 2.30. The zero-order chi connectivity index (χ0) is 16.2. The molecule has 1 aliphatic rings. The second kappa shape index (κ2) is 7.25. The molecule has 1 atom stereocenters. The number of hydrogen-bond donors (Lipinski definition) is 0. The van der Waals surface area contributed by atoms with Gasteiger partial charge in [0.25, 0.3) is 0 Å². The highest BCUT2D eigenvalue weighted by atomic mass is 16.5. The third-order valence-electron chi connectivity index (χ3n) is 4.17. The predicted octanol–water partition coefficient (Wildman–Crippen LogP) is 1.09. The molecule has 2 aromatic heterocycles. The maximum absolute atomic E-state index is 5.89. The van der Waals surface area contributed by atoms with Crippen LogP contribution in [0.5, 0.6) is 0 Å². The van der Waals surface area contributed by atoms with Crippen LogP contribution in [0, 0.1) is 0 Å². The molecule has 0 spiro atoms. The molecule has 0 bridgehead atoms. The summed E-state index contributed by atoms with van der Waals surface area (Å²) in [5.74, 6) is 0.299. The van der Waals surface area contributed by atoms with Gasteiger partial charge >= 0.3 is 0 Å². The van der Waals surface area contributed by atoms with Crippen molar-refractivity contribution in [2.45, 2.75) is 19.0 Å². The number of ether oxygens (including phenoxy) is 1. The van der Waals surface area contributed by atoms with Crippen LogP contribution < -0.4 is 0 Å². The first kappa shape index (κ1) is 16.2. The lowest BCUT2D eigenvalue weighted by Crippen LogP contribution is -2.36. The summed E-state index contributed by atoms with van der Waals surface area (Å²) in [6.45, 7) is 5.00. The molecule has 3 heterocycles. The lowest BCUT2D eigenvalue weighted by Gasteiger charge is -2.31. The second-order valence-corrected chi connectivity index (χ2v) is 6.42. The van der Waals surface area contributed by atoms with Gasteiger partial charge in [-0.3, -0.25) is 9.58 Å². The van der Waals surface area contributed by atoms with Gasteiger partial charge in [0.15, 0.2) is 0 Å². The molecule has 0 aromatic carbocycles. The number of likely N-dealkylation sites (N-methyl/N-ethyl adjacent to an activating group) is 1. The molecule has 1 aliphatic heterocycles. The summed E-state index contributed by atoms with van der Waals surface area (Å²) < 4.78 is 13.0. The van der Waals surface area contributed by atoms with E-state index in [0.717, 1.165) is 38.5 Å². The Morgan fingerprint density at radius 3 is 3.04 bits per heavy atom. The summed E-state index contributed by atoms with van der Waals surface area (Å²) in [6, 6.07) is 2.01. The van der Waals surface area contributed by atoms with E-state index in [0.29, 0.717) is 12.5 Å². The van der Waals surface area contributed by atoms with Crippen molar-refractivity contribution in [3.05, 3.63) is 35.5 Å². The van der Waals surface area contributed by atoms with Crippen LogP contribution in [-0.4, -0.2) is 65.2 Å². The van der Waals surface area contributed by atoms with Crippen LogP contribution in [0.3, 0.4) is 0 Å². The van der Waals surface area contributed by atoms with Crippen molar-refractivity contribution in [3.63, 3.8) is 0 Å². The van der Waals surface area contributed by atoms with E-state index in [1.54, 1.807) is 12.5 Å². The van der Waals surface area contributed by atoms with Crippen LogP contribution in [0.25, 0.3) is 0 Å². The van der Waals surface area contributed by atoms with E-state index in [-0.39, 0.29) is 0 Å². The van der Waals surface area contributed by atoms with E-state index >= 15 is 0 Å². The Kier molecular flexibility index (Phi) is 5.09. The SMILES string of the molecule is CN(C)CCOC[C@@H]1CN(Cc2ccoc2)Cc2nnn(C)c21. The minimum Gasteiger partial charge on any atom is -0.472 e. The Bertz CT molecular complexity index is 608. The van der Waals surface area contributed by atoms with E-state index in [1.807, 2.05) is 17.8 Å². The van der Waals surface area contributed by atoms with E-state index in [1.165, 1.54) is 11.3 Å². The summed E-state index contributed by atoms with van der Waals surface area (Å²) in [5, 5.41) is 8.52. The topological polar surface area (TPSA) is 59.6 Å². The van der Waals surface area contributed by atoms with E-state index in [2.05, 4.69) is 34.2 Å². The summed E-state index contributed by atoms with van der Waals surface area (Å²) in [6.07, 6.45) is 3.52. The number of nitrogens with zero attached hydrogens (tertiary/aromatic N) is 5. The van der Waals surface area contributed by atoms with Gasteiger partial charge in [0.05, 0.1) is 31.4 Å². The maximum atomic E-state index is 5.89. The molecule has 3 rings (SSSR count). The third kappa shape index (κ3) is 3.99. The van der Waals surface area contributed by atoms with Gasteiger partial charge in [-0.1, -0.05) is 5.21 Å². The van der Waals surface area contributed by atoms with Gasteiger partial charge in [0, 0.05) is 44.7 Å². The quantitative estimate of drug-likeness (QED) is 0.712. The van der Waals surface area contributed by atoms with E-state index in [4.69, 9.17) is 9.15 Å². The molecule has 0 unspecified atom stereocenters. The maximum Gasteiger partial charge on any atom is 0.100 e. The first-order valence-corrected chi connectivity index (χ1v) is 7.98. The molecule has 7 heteroatoms. The second-order valence-electron chi connectivity index (χ2n) is 6.42. The Hall–Kier alpha value is -1.70. The largest absolute Gasteiger partial charge is 0.472 e. The van der Waals surface area contributed by atoms with Crippen molar-refractivity contribution in [1.29, 1.82) is 0 Å². The van der Waals surface area contributed by atoms with Crippen molar-refractivity contribution < 1.29 is 9.15 Å². The van der Waals surface area contributed by atoms with Crippen molar-refractivity contribution in [2.75, 3.05) is 40.4 Å². The zero-order valence-electron chi connectivity index (χ0n) is 14.1. The highest BCUT2D eigenvalue weighted by Crippen LogP contribution is 2.27. The van der Waals surface area contributed by atoms with Gasteiger partial charge in [-0.05, 0) is 20.2 Å². The Morgan fingerprint density at radius 1 is 1.43 bits per heavy atom. The normalized spacial score (nSPS) is 18.5. The smallest absolute Gasteiger partial charge is 0.100 e. The molecular weight excluding hydrogens is 294 g/mol. The Labute approximate surface area is 136 Å². The molecule has 0 aliphatic carbocycles. The monoisotopic (exact) mass is 319 g/mol. The van der Waals surface area contributed by atoms with E-state index in [9.17, 15) is 0 Å². The third-order valence-corrected chi connectivity index (χ3v) is 4.17. The minimum atomic E-state index is 0.299. The van der Waals surface area contributed by atoms with Crippen LogP contribution in [0.4, 0.5) is 0 Å². The molecule has 0 N–H and O–H groups in total. The van der Waals surface area contributed by atoms with Gasteiger partial charge in [-0.2, -0.15) is 0 Å². The Balaban J connectivity index is 1.65. The van der Waals surface area contributed by atoms with Crippen LogP contribution in [0.2, 0.25) is 0 Å². The molecule has 126 valence electrons. The van der Waals surface area contributed by atoms with Crippen LogP contribution in [0.1, 0.15) is 22.9 Å². The predicted molar refractivity (Wildman–Crippen MR) is 85.9 cm³/mol. The Morgan fingerprint density at radius 2 is 2.30 bits per heavy atom. The summed E-state index contributed by atoms with van der Waals surface area (Å²) in [7, 11) is 6.07. The minimum absolute atomic E-state index is 0.299. The van der Waals surface area contributed by atoms with Gasteiger partial charge in [0.2, 0.25) is 0 Å². The standard InChI is InChI=1S/C16H25N5O2/c1-19(2)5-7-23-12-14-9-21(8-13-4-6-22-11-13)10-15-16(14)20(3)18-17-15/h4,6,11,14H,5,7-10,12H2,1-3H3/t14-/m0/s1. The lowest BCUT2D eigenvalue weighted by molar-refractivity contribution is 0.0834. The fourth-order valence-corrected chi connectivity index (χ4v) is 3.06. The van der Waals surface area contributed by atoms with Crippen molar-refractivity contribution in [1.82, 2.24) is 24.8 Å². The lowest BCUT2D eigenvalue weighted by atomic mass is 9.98. The first-order chi connectivity index (χ1) is 11.1. The van der Waals surface area contributed by atoms with Gasteiger partial charge in [-0.25, -0.2) is 0 Å². The van der Waals surface area contributed by atoms with Crippen LogP contribution in [0.15, 0.2) is 23.0 Å². The number of furan rings is 1. The van der Waals surface area contributed by atoms with Crippen LogP contribution >= 0.6 is 0 Å². The number of aryl methyl sites for hydroxylation is 1. The van der Waals surface area contributed by atoms with E-state index < -0.39 is 0 Å². The van der Waals surface area contributed by atoms with Crippen molar-refractivity contribution in [3.8, 4) is 0 Å². The highest BCUT2D eigenvalue weighted by molar-refractivity contribution is 5.20. The molecule has 7 nitrogen and oxygen atoms in total. The molecule has 0 fully saturated rings. The number of aromatic nitrogens is 3. The molecule has 0 amide bonds. The average molecular weight is 319 g/mol. The number of hydrogen-bond acceptors (Lipinski definition) is 6. The summed E-state index contributed by atoms with van der Waals surface area (Å²) >= 11 is 0. The van der Waals surface area contributed by atoms with Gasteiger partial charge in [0.1, 0.15) is 5.69 Å². The van der Waals surface area contributed by atoms with Crippen LogP contribution in [-0.2, 0) is 24.9 Å². The summed E-state index contributed by atoms with van der Waals surface area (Å²) in [5.41, 5.74) is 3.45. The molecule has 2 aromatic rings. The fourth-order valence-electron chi connectivity index (χ4n) is 3.06. The zero-order valence-corrected chi connectivity index (χ0v) is 14.1. The molecular formula is C16H25N5O2. The molecule has 0 saturated carbocycles. The summed E-state index contributed by atoms with van der Waals surface area (Å²) in [4.78, 5) is 4.50. The molecule has 0 saturated heterocycles. The first-order valence-electron chi connectivity index (χ1n) is 7.98. The molecule has 23 heavy (non-hydrogen) atoms. The average Bonchev–Trinajstić information content (AvgIpc) is 3.14.